The Morgan fingerprint density at radius 1 is 1.00 bits per heavy atom. The van der Waals surface area contributed by atoms with Gasteiger partial charge in [-0.25, -0.2) is 4.79 Å². The number of aliphatic hydroxyl groups excluding tert-OH is 2. The van der Waals surface area contributed by atoms with Crippen molar-refractivity contribution in [3.8, 4) is 0 Å². The summed E-state index contributed by atoms with van der Waals surface area (Å²) in [7, 11) is 0. The van der Waals surface area contributed by atoms with E-state index in [2.05, 4.69) is 0 Å². The summed E-state index contributed by atoms with van der Waals surface area (Å²) in [6, 6.07) is 7.95. The second-order valence-electron chi connectivity index (χ2n) is 5.67. The number of hydrogen-bond acceptors (Lipinski definition) is 9. The van der Waals surface area contributed by atoms with Crippen LogP contribution in [0.25, 0.3) is 0 Å². The van der Waals surface area contributed by atoms with Gasteiger partial charge in [0.2, 0.25) is 0 Å². The summed E-state index contributed by atoms with van der Waals surface area (Å²) < 4.78 is 20.2. The molecule has 0 bridgehead atoms. The number of aliphatic hydroxyl groups is 2. The molecule has 0 unspecified atom stereocenters. The highest BCUT2D eigenvalue weighted by atomic mass is 16.7. The Kier molecular flexibility index (Phi) is 6.67. The molecule has 0 radical (unpaired) electrons. The summed E-state index contributed by atoms with van der Waals surface area (Å²) in [6.07, 6.45) is -7.22. The summed E-state index contributed by atoms with van der Waals surface area (Å²) in [5.74, 6) is -2.14. The van der Waals surface area contributed by atoms with Gasteiger partial charge in [0.1, 0.15) is 18.8 Å². The molecular weight excluding hydrogens is 348 g/mol. The monoisotopic (exact) mass is 368 g/mol. The van der Waals surface area contributed by atoms with Gasteiger partial charge < -0.3 is 29.2 Å². The second-order valence-corrected chi connectivity index (χ2v) is 5.67. The predicted molar refractivity (Wildman–Crippen MR) is 84.7 cm³/mol. The van der Waals surface area contributed by atoms with Crippen LogP contribution in [-0.2, 0) is 28.5 Å². The third kappa shape index (κ3) is 5.01. The number of carbonyl (C=O) groups is 3. The molecule has 1 fully saturated rings. The van der Waals surface area contributed by atoms with E-state index in [4.69, 9.17) is 18.9 Å². The first-order chi connectivity index (χ1) is 12.3. The van der Waals surface area contributed by atoms with Gasteiger partial charge in [0.15, 0.2) is 18.5 Å². The third-order valence-electron chi connectivity index (χ3n) is 3.64. The molecule has 0 aromatic heterocycles. The molecule has 2 rings (SSSR count). The fraction of sp³-hybridized carbons (Fsp3) is 0.471. The molecule has 1 saturated heterocycles. The Hall–Kier alpha value is -2.49. The van der Waals surface area contributed by atoms with Crippen molar-refractivity contribution in [3.63, 3.8) is 0 Å². The largest absolute Gasteiger partial charge is 0.463 e. The number of carbonyl (C=O) groups excluding carboxylic acids is 3. The van der Waals surface area contributed by atoms with Crippen molar-refractivity contribution in [2.24, 2.45) is 0 Å². The van der Waals surface area contributed by atoms with Gasteiger partial charge in [-0.3, -0.25) is 9.59 Å². The van der Waals surface area contributed by atoms with E-state index in [9.17, 15) is 24.6 Å². The van der Waals surface area contributed by atoms with Gasteiger partial charge in [0.05, 0.1) is 5.56 Å². The lowest BCUT2D eigenvalue weighted by atomic mass is 9.98. The van der Waals surface area contributed by atoms with Crippen molar-refractivity contribution in [2.75, 3.05) is 6.61 Å². The lowest BCUT2D eigenvalue weighted by molar-refractivity contribution is -0.289. The average molecular weight is 368 g/mol. The molecule has 0 spiro atoms. The van der Waals surface area contributed by atoms with Gasteiger partial charge in [0.25, 0.3) is 0 Å². The molecule has 2 N–H and O–H groups in total. The molecular formula is C17H20O9. The standard InChI is InChI=1S/C17H20O9/c1-9(18)23-8-12-14(24-10(2)19)13(20)15(17(22)25-12)26-16(21)11-6-4-3-5-7-11/h3-7,12-15,17,20,22H,8H2,1-2H3/t12-,13+,14+,15-,17-/m1/s1. The molecule has 0 aliphatic carbocycles. The molecule has 1 aromatic carbocycles. The topological polar surface area (TPSA) is 129 Å². The van der Waals surface area contributed by atoms with Crippen LogP contribution < -0.4 is 0 Å². The van der Waals surface area contributed by atoms with Crippen LogP contribution in [0, 0.1) is 0 Å². The third-order valence-corrected chi connectivity index (χ3v) is 3.64. The maximum Gasteiger partial charge on any atom is 0.338 e. The van der Waals surface area contributed by atoms with Crippen molar-refractivity contribution < 1.29 is 43.5 Å². The average Bonchev–Trinajstić information content (AvgIpc) is 2.59. The summed E-state index contributed by atoms with van der Waals surface area (Å²) >= 11 is 0. The SMILES string of the molecule is CC(=O)OC[C@H]1O[C@@H](O)[C@H](OC(=O)c2ccccc2)[C@@H](O)[C@H]1OC(C)=O. The van der Waals surface area contributed by atoms with E-state index in [1.165, 1.54) is 19.1 Å². The van der Waals surface area contributed by atoms with Crippen LogP contribution in [0.15, 0.2) is 30.3 Å². The van der Waals surface area contributed by atoms with Gasteiger partial charge in [0, 0.05) is 13.8 Å². The van der Waals surface area contributed by atoms with Gasteiger partial charge in [-0.15, -0.1) is 0 Å². The van der Waals surface area contributed by atoms with E-state index in [0.29, 0.717) is 0 Å². The first kappa shape index (κ1) is 19.8. The van der Waals surface area contributed by atoms with Crippen LogP contribution in [0.5, 0.6) is 0 Å². The first-order valence-electron chi connectivity index (χ1n) is 7.87. The molecule has 5 atom stereocenters. The van der Waals surface area contributed by atoms with Crippen LogP contribution in [0.2, 0.25) is 0 Å². The number of esters is 3. The van der Waals surface area contributed by atoms with Gasteiger partial charge in [-0.2, -0.15) is 0 Å². The van der Waals surface area contributed by atoms with Crippen LogP contribution in [-0.4, -0.2) is 65.4 Å². The summed E-state index contributed by atoms with van der Waals surface area (Å²) in [5.41, 5.74) is 0.206. The highest BCUT2D eigenvalue weighted by Crippen LogP contribution is 2.26. The zero-order chi connectivity index (χ0) is 19.3. The molecule has 0 amide bonds. The van der Waals surface area contributed by atoms with E-state index in [1.807, 2.05) is 0 Å². The molecule has 1 aromatic rings. The lowest BCUT2D eigenvalue weighted by Crippen LogP contribution is -2.61. The number of benzene rings is 1. The Bertz CT molecular complexity index is 645. The van der Waals surface area contributed by atoms with E-state index >= 15 is 0 Å². The van der Waals surface area contributed by atoms with Gasteiger partial charge >= 0.3 is 17.9 Å². The maximum atomic E-state index is 12.2. The summed E-state index contributed by atoms with van der Waals surface area (Å²) in [5, 5.41) is 20.5. The summed E-state index contributed by atoms with van der Waals surface area (Å²) in [4.78, 5) is 34.4. The van der Waals surface area contributed by atoms with Crippen molar-refractivity contribution in [3.05, 3.63) is 35.9 Å². The van der Waals surface area contributed by atoms with E-state index < -0.39 is 48.6 Å². The minimum atomic E-state index is -1.70. The van der Waals surface area contributed by atoms with Crippen LogP contribution in [0.3, 0.4) is 0 Å². The summed E-state index contributed by atoms with van der Waals surface area (Å²) in [6.45, 7) is 1.92. The van der Waals surface area contributed by atoms with Crippen molar-refractivity contribution >= 4 is 17.9 Å². The molecule has 0 saturated carbocycles. The predicted octanol–water partition coefficient (Wildman–Crippen LogP) is -0.215. The van der Waals surface area contributed by atoms with Crippen LogP contribution >= 0.6 is 0 Å². The first-order valence-corrected chi connectivity index (χ1v) is 7.87. The maximum absolute atomic E-state index is 12.2. The molecule has 1 aliphatic rings. The van der Waals surface area contributed by atoms with E-state index in [1.54, 1.807) is 18.2 Å². The Morgan fingerprint density at radius 2 is 1.65 bits per heavy atom. The fourth-order valence-electron chi connectivity index (χ4n) is 2.47. The van der Waals surface area contributed by atoms with E-state index in [0.717, 1.165) is 6.92 Å². The Balaban J connectivity index is 2.14. The Morgan fingerprint density at radius 3 is 2.23 bits per heavy atom. The van der Waals surface area contributed by atoms with Crippen molar-refractivity contribution in [2.45, 2.75) is 44.6 Å². The molecule has 9 heteroatoms. The molecule has 1 aliphatic heterocycles. The number of hydrogen-bond donors (Lipinski definition) is 2. The number of rotatable bonds is 5. The number of ether oxygens (including phenoxy) is 4. The lowest BCUT2D eigenvalue weighted by Gasteiger charge is -2.41. The van der Waals surface area contributed by atoms with Gasteiger partial charge in [-0.05, 0) is 12.1 Å². The minimum Gasteiger partial charge on any atom is -0.463 e. The molecule has 1 heterocycles. The highest BCUT2D eigenvalue weighted by molar-refractivity contribution is 5.89. The van der Waals surface area contributed by atoms with E-state index in [-0.39, 0.29) is 12.2 Å². The Labute approximate surface area is 149 Å². The quantitative estimate of drug-likeness (QED) is 0.535. The van der Waals surface area contributed by atoms with Gasteiger partial charge in [-0.1, -0.05) is 18.2 Å². The second kappa shape index (κ2) is 8.75. The zero-order valence-electron chi connectivity index (χ0n) is 14.2. The minimum absolute atomic E-state index is 0.206. The molecule has 9 nitrogen and oxygen atoms in total. The molecule has 26 heavy (non-hydrogen) atoms. The smallest absolute Gasteiger partial charge is 0.338 e. The van der Waals surface area contributed by atoms with Crippen LogP contribution in [0.1, 0.15) is 24.2 Å². The van der Waals surface area contributed by atoms with Crippen molar-refractivity contribution in [1.82, 2.24) is 0 Å². The fourth-order valence-corrected chi connectivity index (χ4v) is 2.47. The highest BCUT2D eigenvalue weighted by Gasteiger charge is 2.49. The molecule has 142 valence electrons. The normalized spacial score (nSPS) is 28.1. The van der Waals surface area contributed by atoms with Crippen molar-refractivity contribution in [1.29, 1.82) is 0 Å². The van der Waals surface area contributed by atoms with Crippen LogP contribution in [0.4, 0.5) is 0 Å². The zero-order valence-corrected chi connectivity index (χ0v) is 14.2.